The molecule has 1 aliphatic heterocycles. The van der Waals surface area contributed by atoms with E-state index < -0.39 is 0 Å². The van der Waals surface area contributed by atoms with Crippen molar-refractivity contribution in [1.29, 1.82) is 0 Å². The van der Waals surface area contributed by atoms with Crippen LogP contribution in [-0.4, -0.2) is 36.3 Å². The zero-order valence-corrected chi connectivity index (χ0v) is 11.9. The Bertz CT molecular complexity index is 793. The van der Waals surface area contributed by atoms with E-state index in [0.717, 1.165) is 36.7 Å². The molecule has 3 aromatic rings. The maximum atomic E-state index is 5.12. The van der Waals surface area contributed by atoms with Crippen LogP contribution < -0.4 is 4.90 Å². The third kappa shape index (κ3) is 1.94. The first kappa shape index (κ1) is 12.2. The number of anilines is 1. The standard InChI is InChI=1S/C13H15N7O/c1-8-6-11(20-13(16-8)14-7-15-20)19-5-3-4-10(19)12-17-9(2)21-18-12/h6-7,10H,3-5H2,1-2H3. The minimum absolute atomic E-state index is 0.108. The molecule has 1 saturated heterocycles. The molecular formula is C13H15N7O. The molecule has 0 N–H and O–H groups in total. The lowest BCUT2D eigenvalue weighted by molar-refractivity contribution is 0.383. The molecule has 4 heterocycles. The molecule has 0 amide bonds. The number of aryl methyl sites for hydroxylation is 2. The molecule has 1 aliphatic rings. The highest BCUT2D eigenvalue weighted by Gasteiger charge is 2.31. The van der Waals surface area contributed by atoms with Crippen molar-refractivity contribution in [2.24, 2.45) is 0 Å². The second kappa shape index (κ2) is 4.51. The van der Waals surface area contributed by atoms with Gasteiger partial charge >= 0.3 is 0 Å². The van der Waals surface area contributed by atoms with Crippen molar-refractivity contribution >= 4 is 11.6 Å². The predicted molar refractivity (Wildman–Crippen MR) is 73.9 cm³/mol. The maximum absolute atomic E-state index is 5.12. The number of fused-ring (bicyclic) bond motifs is 1. The molecule has 1 fully saturated rings. The third-order valence-electron chi connectivity index (χ3n) is 3.75. The summed E-state index contributed by atoms with van der Waals surface area (Å²) in [5, 5.41) is 8.35. The second-order valence-corrected chi connectivity index (χ2v) is 5.25. The van der Waals surface area contributed by atoms with Crippen LogP contribution in [0.4, 0.5) is 5.82 Å². The van der Waals surface area contributed by atoms with Gasteiger partial charge in [0.15, 0.2) is 5.82 Å². The van der Waals surface area contributed by atoms with E-state index >= 15 is 0 Å². The Hall–Kier alpha value is -2.51. The van der Waals surface area contributed by atoms with Gasteiger partial charge in [0.25, 0.3) is 5.78 Å². The first-order valence-electron chi connectivity index (χ1n) is 6.96. The molecule has 8 nitrogen and oxygen atoms in total. The van der Waals surface area contributed by atoms with Crippen molar-refractivity contribution < 1.29 is 4.52 Å². The highest BCUT2D eigenvalue weighted by atomic mass is 16.5. The molecule has 0 spiro atoms. The van der Waals surface area contributed by atoms with E-state index in [1.165, 1.54) is 6.33 Å². The lowest BCUT2D eigenvalue weighted by atomic mass is 10.2. The zero-order chi connectivity index (χ0) is 14.4. The van der Waals surface area contributed by atoms with Crippen LogP contribution in [0.2, 0.25) is 0 Å². The summed E-state index contributed by atoms with van der Waals surface area (Å²) in [5.41, 5.74) is 0.917. The van der Waals surface area contributed by atoms with E-state index in [9.17, 15) is 0 Å². The minimum atomic E-state index is 0.108. The van der Waals surface area contributed by atoms with Crippen LogP contribution in [-0.2, 0) is 0 Å². The Morgan fingerprint density at radius 3 is 3.00 bits per heavy atom. The van der Waals surface area contributed by atoms with Crippen molar-refractivity contribution in [2.75, 3.05) is 11.4 Å². The molecule has 4 rings (SSSR count). The fourth-order valence-corrected chi connectivity index (χ4v) is 2.88. The Kier molecular flexibility index (Phi) is 2.63. The Morgan fingerprint density at radius 1 is 1.29 bits per heavy atom. The lowest BCUT2D eigenvalue weighted by Crippen LogP contribution is -2.26. The van der Waals surface area contributed by atoms with Crippen LogP contribution in [0.1, 0.15) is 36.3 Å². The highest BCUT2D eigenvalue weighted by Crippen LogP contribution is 2.34. The van der Waals surface area contributed by atoms with Crippen LogP contribution in [0.25, 0.3) is 5.78 Å². The molecule has 0 radical (unpaired) electrons. The van der Waals surface area contributed by atoms with Gasteiger partial charge in [-0.15, -0.1) is 0 Å². The van der Waals surface area contributed by atoms with Crippen molar-refractivity contribution in [2.45, 2.75) is 32.7 Å². The quantitative estimate of drug-likeness (QED) is 0.704. The molecule has 1 atom stereocenters. The van der Waals surface area contributed by atoms with E-state index in [0.29, 0.717) is 11.7 Å². The molecule has 21 heavy (non-hydrogen) atoms. The van der Waals surface area contributed by atoms with Gasteiger partial charge in [-0.2, -0.15) is 19.6 Å². The van der Waals surface area contributed by atoms with Crippen molar-refractivity contribution in [1.82, 2.24) is 29.7 Å². The Balaban J connectivity index is 1.81. The largest absolute Gasteiger partial charge is 0.346 e. The van der Waals surface area contributed by atoms with Crippen LogP contribution in [0, 0.1) is 13.8 Å². The Labute approximate surface area is 120 Å². The molecule has 1 unspecified atom stereocenters. The third-order valence-corrected chi connectivity index (χ3v) is 3.75. The molecule has 108 valence electrons. The number of hydrogen-bond acceptors (Lipinski definition) is 7. The molecule has 8 heteroatoms. The summed E-state index contributed by atoms with van der Waals surface area (Å²) in [4.78, 5) is 15.2. The topological polar surface area (TPSA) is 85.2 Å². The summed E-state index contributed by atoms with van der Waals surface area (Å²) in [6, 6.07) is 2.13. The fraction of sp³-hybridized carbons (Fsp3) is 0.462. The molecular weight excluding hydrogens is 270 g/mol. The predicted octanol–water partition coefficient (Wildman–Crippen LogP) is 1.47. The molecule has 0 aromatic carbocycles. The van der Waals surface area contributed by atoms with Crippen LogP contribution in [0.5, 0.6) is 0 Å². The van der Waals surface area contributed by atoms with Gasteiger partial charge in [0, 0.05) is 25.2 Å². The van der Waals surface area contributed by atoms with E-state index in [-0.39, 0.29) is 6.04 Å². The summed E-state index contributed by atoms with van der Waals surface area (Å²) in [5.74, 6) is 2.90. The zero-order valence-electron chi connectivity index (χ0n) is 11.9. The fourth-order valence-electron chi connectivity index (χ4n) is 2.88. The van der Waals surface area contributed by atoms with Crippen LogP contribution >= 0.6 is 0 Å². The van der Waals surface area contributed by atoms with Gasteiger partial charge in [-0.05, 0) is 19.8 Å². The van der Waals surface area contributed by atoms with Crippen LogP contribution in [0.3, 0.4) is 0 Å². The van der Waals surface area contributed by atoms with Gasteiger partial charge in [-0.3, -0.25) is 0 Å². The smallest absolute Gasteiger partial charge is 0.254 e. The summed E-state index contributed by atoms with van der Waals surface area (Å²) in [6.07, 6.45) is 3.60. The monoisotopic (exact) mass is 285 g/mol. The Morgan fingerprint density at radius 2 is 2.19 bits per heavy atom. The van der Waals surface area contributed by atoms with E-state index in [2.05, 4.69) is 30.1 Å². The summed E-state index contributed by atoms with van der Waals surface area (Å²) in [6.45, 7) is 4.69. The van der Waals surface area contributed by atoms with Gasteiger partial charge < -0.3 is 9.42 Å². The molecule has 3 aromatic heterocycles. The second-order valence-electron chi connectivity index (χ2n) is 5.25. The normalized spacial score (nSPS) is 18.8. The number of rotatable bonds is 2. The molecule has 0 aliphatic carbocycles. The first-order valence-corrected chi connectivity index (χ1v) is 6.96. The van der Waals surface area contributed by atoms with Crippen molar-refractivity contribution in [3.05, 3.63) is 29.8 Å². The average Bonchev–Trinajstić information content (AvgIpc) is 3.15. The summed E-state index contributed by atoms with van der Waals surface area (Å²) < 4.78 is 6.88. The van der Waals surface area contributed by atoms with Crippen molar-refractivity contribution in [3.63, 3.8) is 0 Å². The van der Waals surface area contributed by atoms with E-state index in [1.807, 2.05) is 19.9 Å². The summed E-state index contributed by atoms with van der Waals surface area (Å²) in [7, 11) is 0. The van der Waals surface area contributed by atoms with E-state index in [4.69, 9.17) is 4.52 Å². The highest BCUT2D eigenvalue weighted by molar-refractivity contribution is 5.49. The van der Waals surface area contributed by atoms with Crippen LogP contribution in [0.15, 0.2) is 16.9 Å². The molecule has 0 saturated carbocycles. The summed E-state index contributed by atoms with van der Waals surface area (Å²) >= 11 is 0. The average molecular weight is 285 g/mol. The van der Waals surface area contributed by atoms with Gasteiger partial charge in [-0.25, -0.2) is 4.98 Å². The van der Waals surface area contributed by atoms with Gasteiger partial charge in [-0.1, -0.05) is 5.16 Å². The maximum Gasteiger partial charge on any atom is 0.254 e. The number of nitrogens with zero attached hydrogens (tertiary/aromatic N) is 7. The minimum Gasteiger partial charge on any atom is -0.346 e. The lowest BCUT2D eigenvalue weighted by Gasteiger charge is -2.24. The number of aromatic nitrogens is 6. The van der Waals surface area contributed by atoms with Crippen molar-refractivity contribution in [3.8, 4) is 0 Å². The first-order chi connectivity index (χ1) is 10.2. The number of hydrogen-bond donors (Lipinski definition) is 0. The van der Waals surface area contributed by atoms with Gasteiger partial charge in [0.1, 0.15) is 12.1 Å². The van der Waals surface area contributed by atoms with Gasteiger partial charge in [0.05, 0.1) is 6.04 Å². The van der Waals surface area contributed by atoms with Gasteiger partial charge in [0.2, 0.25) is 5.89 Å². The van der Waals surface area contributed by atoms with E-state index in [1.54, 1.807) is 4.52 Å². The SMILES string of the molecule is Cc1cc(N2CCCC2c2noc(C)n2)n2ncnc2n1. The molecule has 0 bridgehead atoms.